The molecule has 3 N–H and O–H groups in total. The number of carbonyl (C=O) groups is 3. The summed E-state index contributed by atoms with van der Waals surface area (Å²) in [5.74, 6) is -1.25. The third-order valence-electron chi connectivity index (χ3n) is 7.21. The maximum absolute atomic E-state index is 13.9. The molecule has 1 saturated carbocycles. The quantitative estimate of drug-likeness (QED) is 0.485. The van der Waals surface area contributed by atoms with E-state index in [0.29, 0.717) is 56.6 Å². The minimum absolute atomic E-state index is 0.00810. The Labute approximate surface area is 214 Å². The third-order valence-corrected chi connectivity index (χ3v) is 7.51. The van der Waals surface area contributed by atoms with Crippen molar-refractivity contribution in [2.24, 2.45) is 5.41 Å². The lowest BCUT2D eigenvalue weighted by Gasteiger charge is -2.45. The number of methoxy groups -OCH3 is 1. The standard InChI is InChI=1S/C25H31ClFN5O4/c1-15-12-19(17(26)13-18(15)27)32-10-3-6-25(24(32)35)7-4-16(5-8-25)31-23(34)21-20(29-14-30-21)22(33)28-9-11-36-2/h12-14,16H,3-11H2,1-2H3,(H,28,33)(H,29,30)(H,31,34). The van der Waals surface area contributed by atoms with Crippen LogP contribution in [-0.4, -0.2) is 60.5 Å². The van der Waals surface area contributed by atoms with E-state index in [9.17, 15) is 18.8 Å². The van der Waals surface area contributed by atoms with Gasteiger partial charge in [0.15, 0.2) is 5.69 Å². The normalized spacial score (nSPS) is 22.1. The number of anilines is 1. The molecule has 194 valence electrons. The first-order valence-corrected chi connectivity index (χ1v) is 12.5. The zero-order valence-corrected chi connectivity index (χ0v) is 21.2. The number of nitrogens with one attached hydrogen (secondary N) is 3. The Morgan fingerprint density at radius 3 is 2.75 bits per heavy atom. The van der Waals surface area contributed by atoms with Gasteiger partial charge in [-0.1, -0.05) is 11.6 Å². The van der Waals surface area contributed by atoms with Crippen LogP contribution in [0.2, 0.25) is 5.02 Å². The van der Waals surface area contributed by atoms with Gasteiger partial charge in [-0.3, -0.25) is 14.4 Å². The number of benzene rings is 1. The summed E-state index contributed by atoms with van der Waals surface area (Å²) >= 11 is 6.30. The lowest BCUT2D eigenvalue weighted by molar-refractivity contribution is -0.132. The fourth-order valence-electron chi connectivity index (χ4n) is 5.18. The minimum Gasteiger partial charge on any atom is -0.383 e. The van der Waals surface area contributed by atoms with Crippen molar-refractivity contribution in [2.75, 3.05) is 31.7 Å². The summed E-state index contributed by atoms with van der Waals surface area (Å²) in [7, 11) is 1.53. The summed E-state index contributed by atoms with van der Waals surface area (Å²) in [5.41, 5.74) is 0.597. The van der Waals surface area contributed by atoms with Gasteiger partial charge in [0.05, 0.1) is 23.6 Å². The van der Waals surface area contributed by atoms with Gasteiger partial charge in [-0.2, -0.15) is 0 Å². The highest BCUT2D eigenvalue weighted by Crippen LogP contribution is 2.46. The molecule has 9 nitrogen and oxygen atoms in total. The second-order valence-electron chi connectivity index (χ2n) is 9.52. The van der Waals surface area contributed by atoms with E-state index < -0.39 is 23.0 Å². The zero-order valence-electron chi connectivity index (χ0n) is 20.5. The van der Waals surface area contributed by atoms with E-state index >= 15 is 0 Å². The number of ether oxygens (including phenoxy) is 1. The number of H-pyrrole nitrogens is 1. The van der Waals surface area contributed by atoms with Crippen LogP contribution in [0.15, 0.2) is 18.5 Å². The molecule has 2 heterocycles. The molecule has 0 radical (unpaired) electrons. The number of hydrogen-bond acceptors (Lipinski definition) is 5. The monoisotopic (exact) mass is 519 g/mol. The van der Waals surface area contributed by atoms with Crippen LogP contribution >= 0.6 is 11.6 Å². The molecule has 1 spiro atoms. The fourth-order valence-corrected chi connectivity index (χ4v) is 5.43. The number of imidazole rings is 1. The number of nitrogens with zero attached hydrogens (tertiary/aromatic N) is 2. The first kappa shape index (κ1) is 26.1. The van der Waals surface area contributed by atoms with Crippen LogP contribution in [-0.2, 0) is 9.53 Å². The average molecular weight is 520 g/mol. The van der Waals surface area contributed by atoms with Crippen molar-refractivity contribution in [1.82, 2.24) is 20.6 Å². The number of rotatable bonds is 7. The first-order valence-electron chi connectivity index (χ1n) is 12.1. The maximum atomic E-state index is 13.9. The predicted octanol–water partition coefficient (Wildman–Crippen LogP) is 3.37. The number of aryl methyl sites for hydroxylation is 1. The van der Waals surface area contributed by atoms with E-state index in [0.717, 1.165) is 12.8 Å². The number of carbonyl (C=O) groups excluding carboxylic acids is 3. The van der Waals surface area contributed by atoms with Crippen molar-refractivity contribution in [3.05, 3.63) is 46.3 Å². The van der Waals surface area contributed by atoms with Gasteiger partial charge in [-0.05, 0) is 63.1 Å². The predicted molar refractivity (Wildman–Crippen MR) is 133 cm³/mol. The van der Waals surface area contributed by atoms with E-state index in [1.54, 1.807) is 17.9 Å². The highest BCUT2D eigenvalue weighted by atomic mass is 35.5. The Morgan fingerprint density at radius 2 is 2.03 bits per heavy atom. The molecule has 4 rings (SSSR count). The van der Waals surface area contributed by atoms with E-state index in [-0.39, 0.29) is 28.4 Å². The fraction of sp³-hybridized carbons (Fsp3) is 0.520. The first-order chi connectivity index (χ1) is 17.3. The van der Waals surface area contributed by atoms with Gasteiger partial charge in [-0.15, -0.1) is 0 Å². The Morgan fingerprint density at radius 1 is 1.28 bits per heavy atom. The Balaban J connectivity index is 1.39. The molecule has 36 heavy (non-hydrogen) atoms. The van der Waals surface area contributed by atoms with Crippen molar-refractivity contribution >= 4 is 35.0 Å². The summed E-state index contributed by atoms with van der Waals surface area (Å²) < 4.78 is 18.8. The largest absolute Gasteiger partial charge is 0.383 e. The number of aromatic nitrogens is 2. The number of aromatic amines is 1. The van der Waals surface area contributed by atoms with Crippen molar-refractivity contribution in [2.45, 2.75) is 51.5 Å². The molecule has 0 bridgehead atoms. The summed E-state index contributed by atoms with van der Waals surface area (Å²) in [4.78, 5) is 47.3. The van der Waals surface area contributed by atoms with Crippen molar-refractivity contribution < 1.29 is 23.5 Å². The average Bonchev–Trinajstić information content (AvgIpc) is 3.35. The van der Waals surface area contributed by atoms with Crippen LogP contribution in [0, 0.1) is 18.2 Å². The molecule has 2 aromatic rings. The molecule has 1 aromatic heterocycles. The summed E-state index contributed by atoms with van der Waals surface area (Å²) in [5, 5.41) is 5.87. The van der Waals surface area contributed by atoms with Crippen LogP contribution in [0.3, 0.4) is 0 Å². The lowest BCUT2D eigenvalue weighted by atomic mass is 9.67. The molecule has 1 aliphatic heterocycles. The van der Waals surface area contributed by atoms with Crippen LogP contribution in [0.4, 0.5) is 10.1 Å². The van der Waals surface area contributed by atoms with E-state index in [2.05, 4.69) is 20.6 Å². The van der Waals surface area contributed by atoms with Gasteiger partial charge >= 0.3 is 0 Å². The SMILES string of the molecule is COCCNC(=O)c1[nH]cnc1C(=O)NC1CCC2(CCCN(c3cc(C)c(F)cc3Cl)C2=O)CC1. The topological polar surface area (TPSA) is 116 Å². The Bertz CT molecular complexity index is 1150. The molecule has 1 saturated heterocycles. The van der Waals surface area contributed by atoms with E-state index in [1.807, 2.05) is 0 Å². The molecule has 1 aliphatic carbocycles. The molecule has 11 heteroatoms. The van der Waals surface area contributed by atoms with Gasteiger partial charge in [0.1, 0.15) is 11.5 Å². The Hall–Kier alpha value is -2.98. The van der Waals surface area contributed by atoms with Crippen LogP contribution in [0.1, 0.15) is 65.1 Å². The van der Waals surface area contributed by atoms with Crippen LogP contribution < -0.4 is 15.5 Å². The highest BCUT2D eigenvalue weighted by Gasteiger charge is 2.47. The molecule has 0 unspecified atom stereocenters. The smallest absolute Gasteiger partial charge is 0.272 e. The van der Waals surface area contributed by atoms with Crippen molar-refractivity contribution in [3.63, 3.8) is 0 Å². The number of hydrogen-bond donors (Lipinski definition) is 3. The van der Waals surface area contributed by atoms with E-state index in [4.69, 9.17) is 16.3 Å². The molecule has 0 atom stereocenters. The molecule has 1 aromatic carbocycles. The summed E-state index contributed by atoms with van der Waals surface area (Å²) in [6.07, 6.45) is 5.40. The van der Waals surface area contributed by atoms with E-state index in [1.165, 1.54) is 19.5 Å². The van der Waals surface area contributed by atoms with Gasteiger partial charge < -0.3 is 25.3 Å². The molecule has 2 aliphatic rings. The van der Waals surface area contributed by atoms with Crippen molar-refractivity contribution in [3.8, 4) is 0 Å². The van der Waals surface area contributed by atoms with Gasteiger partial charge in [0, 0.05) is 31.7 Å². The number of piperidine rings is 1. The van der Waals surface area contributed by atoms with Gasteiger partial charge in [0.25, 0.3) is 11.8 Å². The van der Waals surface area contributed by atoms with Crippen molar-refractivity contribution in [1.29, 1.82) is 0 Å². The van der Waals surface area contributed by atoms with Gasteiger partial charge in [-0.25, -0.2) is 9.37 Å². The van der Waals surface area contributed by atoms with Gasteiger partial charge in [0.2, 0.25) is 5.91 Å². The maximum Gasteiger partial charge on any atom is 0.272 e. The lowest BCUT2D eigenvalue weighted by Crippen LogP contribution is -2.52. The number of amides is 3. The second-order valence-corrected chi connectivity index (χ2v) is 9.92. The molecule has 2 fully saturated rings. The highest BCUT2D eigenvalue weighted by molar-refractivity contribution is 6.34. The molecular formula is C25H31ClFN5O4. The molecular weight excluding hydrogens is 489 g/mol. The number of halogens is 2. The van der Waals surface area contributed by atoms with Crippen LogP contribution in [0.25, 0.3) is 0 Å². The Kier molecular flexibility index (Phi) is 7.94. The van der Waals surface area contributed by atoms with Crippen LogP contribution in [0.5, 0.6) is 0 Å². The summed E-state index contributed by atoms with van der Waals surface area (Å²) in [6.45, 7) is 2.86. The molecule has 3 amide bonds. The second kappa shape index (κ2) is 11.0. The minimum atomic E-state index is -0.524. The third kappa shape index (κ3) is 5.24. The summed E-state index contributed by atoms with van der Waals surface area (Å²) in [6, 6.07) is 2.76. The zero-order chi connectivity index (χ0) is 25.9.